The normalized spacial score (nSPS) is 16.2. The van der Waals surface area contributed by atoms with Crippen LogP contribution in [0.2, 0.25) is 0 Å². The summed E-state index contributed by atoms with van der Waals surface area (Å²) in [6, 6.07) is 13.9. The lowest BCUT2D eigenvalue weighted by molar-refractivity contribution is -0.118. The number of Topliss-reactive ketones (excluding diaryl/α,β-unsaturated/α-hetero) is 1. The monoisotopic (exact) mass is 359 g/mol. The highest BCUT2D eigenvalue weighted by molar-refractivity contribution is 5.85. The summed E-state index contributed by atoms with van der Waals surface area (Å²) >= 11 is 0. The first kappa shape index (κ1) is 17.2. The summed E-state index contributed by atoms with van der Waals surface area (Å²) in [4.78, 5) is 20.7. The number of nitrogens with one attached hydrogen (secondary N) is 1. The van der Waals surface area contributed by atoms with Gasteiger partial charge in [-0.15, -0.1) is 0 Å². The molecule has 0 amide bonds. The van der Waals surface area contributed by atoms with Crippen LogP contribution in [0.5, 0.6) is 11.8 Å². The van der Waals surface area contributed by atoms with Crippen LogP contribution in [0.3, 0.4) is 0 Å². The summed E-state index contributed by atoms with van der Waals surface area (Å²) in [7, 11) is 0. The molecule has 5 nitrogen and oxygen atoms in total. The first-order valence-electron chi connectivity index (χ1n) is 9.01. The molecule has 0 radical (unpaired) electrons. The number of anilines is 1. The summed E-state index contributed by atoms with van der Waals surface area (Å²) in [6.07, 6.45) is 4.18. The second-order valence-electron chi connectivity index (χ2n) is 6.92. The van der Waals surface area contributed by atoms with Gasteiger partial charge in [-0.2, -0.15) is 0 Å². The highest BCUT2D eigenvalue weighted by atomic mass is 16.5. The highest BCUT2D eigenvalue weighted by Crippen LogP contribution is 2.33. The molecule has 1 atom stereocenters. The van der Waals surface area contributed by atoms with Crippen LogP contribution < -0.4 is 10.1 Å². The van der Waals surface area contributed by atoms with E-state index < -0.39 is 0 Å². The van der Waals surface area contributed by atoms with E-state index in [0.29, 0.717) is 24.6 Å². The minimum atomic E-state index is -0.0962. The van der Waals surface area contributed by atoms with Gasteiger partial charge in [-0.25, -0.2) is 9.97 Å². The van der Waals surface area contributed by atoms with E-state index in [-0.39, 0.29) is 11.8 Å². The maximum absolute atomic E-state index is 12.5. The molecule has 5 heteroatoms. The molecule has 0 spiro atoms. The summed E-state index contributed by atoms with van der Waals surface area (Å²) in [6.45, 7) is 4.17. The summed E-state index contributed by atoms with van der Waals surface area (Å²) in [5, 5.41) is 3.56. The number of ketones is 1. The van der Waals surface area contributed by atoms with Crippen LogP contribution in [0, 0.1) is 13.8 Å². The van der Waals surface area contributed by atoms with Crippen LogP contribution in [0.25, 0.3) is 0 Å². The van der Waals surface area contributed by atoms with Crippen LogP contribution in [-0.4, -0.2) is 15.8 Å². The third-order valence-electron chi connectivity index (χ3n) is 4.88. The third kappa shape index (κ3) is 3.82. The van der Waals surface area contributed by atoms with Gasteiger partial charge in [0.2, 0.25) is 0 Å². The van der Waals surface area contributed by atoms with Crippen molar-refractivity contribution in [2.45, 2.75) is 32.7 Å². The molecule has 3 aromatic rings. The standard InChI is InChI=1S/C22H21N3O2/c1-14-9-17-11-18(26)13-21(25-20(17)10-15(14)2)16-5-3-6-19(12-16)27-22-23-7-4-8-24-22/h3-10,12,21,25H,11,13H2,1-2H3. The number of rotatable bonds is 3. The van der Waals surface area contributed by atoms with E-state index >= 15 is 0 Å². The van der Waals surface area contributed by atoms with Crippen molar-refractivity contribution in [2.24, 2.45) is 0 Å². The van der Waals surface area contributed by atoms with Crippen LogP contribution in [-0.2, 0) is 11.2 Å². The Hall–Kier alpha value is -3.21. The number of hydrogen-bond donors (Lipinski definition) is 1. The molecule has 1 aliphatic heterocycles. The Morgan fingerprint density at radius 3 is 2.63 bits per heavy atom. The molecule has 1 N–H and O–H groups in total. The number of nitrogens with zero attached hydrogens (tertiary/aromatic N) is 2. The molecule has 136 valence electrons. The molecule has 2 heterocycles. The van der Waals surface area contributed by atoms with Gasteiger partial charge in [-0.1, -0.05) is 18.2 Å². The number of benzene rings is 2. The summed E-state index contributed by atoms with van der Waals surface area (Å²) in [5.74, 6) is 0.879. The second-order valence-corrected chi connectivity index (χ2v) is 6.92. The van der Waals surface area contributed by atoms with Gasteiger partial charge in [0, 0.05) is 30.9 Å². The smallest absolute Gasteiger partial charge is 0.321 e. The topological polar surface area (TPSA) is 64.1 Å². The van der Waals surface area contributed by atoms with E-state index in [0.717, 1.165) is 16.8 Å². The zero-order valence-corrected chi connectivity index (χ0v) is 15.4. The van der Waals surface area contributed by atoms with Crippen molar-refractivity contribution >= 4 is 11.5 Å². The van der Waals surface area contributed by atoms with Crippen molar-refractivity contribution in [3.63, 3.8) is 0 Å². The van der Waals surface area contributed by atoms with Crippen molar-refractivity contribution in [1.29, 1.82) is 0 Å². The fraction of sp³-hybridized carbons (Fsp3) is 0.227. The first-order valence-corrected chi connectivity index (χ1v) is 9.01. The Kier molecular flexibility index (Phi) is 4.59. The fourth-order valence-corrected chi connectivity index (χ4v) is 3.35. The van der Waals surface area contributed by atoms with E-state index in [2.05, 4.69) is 41.3 Å². The Bertz CT molecular complexity index is 986. The fourth-order valence-electron chi connectivity index (χ4n) is 3.35. The molecule has 1 unspecified atom stereocenters. The molecular weight excluding hydrogens is 338 g/mol. The summed E-state index contributed by atoms with van der Waals surface area (Å²) < 4.78 is 5.74. The Balaban J connectivity index is 1.63. The highest BCUT2D eigenvalue weighted by Gasteiger charge is 2.23. The number of carbonyl (C=O) groups is 1. The van der Waals surface area contributed by atoms with Gasteiger partial charge in [0.05, 0.1) is 6.04 Å². The van der Waals surface area contributed by atoms with Crippen LogP contribution >= 0.6 is 0 Å². The number of hydrogen-bond acceptors (Lipinski definition) is 5. The molecule has 0 aliphatic carbocycles. The maximum atomic E-state index is 12.5. The predicted molar refractivity (Wildman–Crippen MR) is 104 cm³/mol. The van der Waals surface area contributed by atoms with Gasteiger partial charge in [-0.05, 0) is 60.4 Å². The minimum Gasteiger partial charge on any atom is -0.424 e. The molecule has 1 aliphatic rings. The van der Waals surface area contributed by atoms with Crippen LogP contribution in [0.15, 0.2) is 54.9 Å². The Morgan fingerprint density at radius 2 is 1.81 bits per heavy atom. The molecule has 2 aromatic carbocycles. The SMILES string of the molecule is Cc1cc2c(cc1C)NC(c1cccc(Oc3ncccn3)c1)CC(=O)C2. The molecule has 27 heavy (non-hydrogen) atoms. The molecule has 0 saturated carbocycles. The van der Waals surface area contributed by atoms with Crippen molar-refractivity contribution in [3.05, 3.63) is 77.1 Å². The third-order valence-corrected chi connectivity index (χ3v) is 4.88. The van der Waals surface area contributed by atoms with Gasteiger partial charge < -0.3 is 10.1 Å². The van der Waals surface area contributed by atoms with Crippen molar-refractivity contribution < 1.29 is 9.53 Å². The molecular formula is C22H21N3O2. The largest absolute Gasteiger partial charge is 0.424 e. The van der Waals surface area contributed by atoms with E-state index in [1.165, 1.54) is 11.1 Å². The van der Waals surface area contributed by atoms with Gasteiger partial charge in [0.25, 0.3) is 0 Å². The average molecular weight is 359 g/mol. The van der Waals surface area contributed by atoms with E-state index in [1.54, 1.807) is 18.5 Å². The number of carbonyl (C=O) groups excluding carboxylic acids is 1. The zero-order chi connectivity index (χ0) is 18.8. The van der Waals surface area contributed by atoms with E-state index in [9.17, 15) is 4.79 Å². The average Bonchev–Trinajstić information content (AvgIpc) is 2.81. The van der Waals surface area contributed by atoms with Gasteiger partial charge in [0.15, 0.2) is 0 Å². The maximum Gasteiger partial charge on any atom is 0.321 e. The number of fused-ring (bicyclic) bond motifs is 1. The summed E-state index contributed by atoms with van der Waals surface area (Å²) in [5.41, 5.74) is 5.53. The Labute approximate surface area is 158 Å². The molecule has 0 saturated heterocycles. The van der Waals surface area contributed by atoms with Crippen molar-refractivity contribution in [2.75, 3.05) is 5.32 Å². The Morgan fingerprint density at radius 1 is 1.04 bits per heavy atom. The van der Waals surface area contributed by atoms with Crippen LogP contribution in [0.1, 0.15) is 34.7 Å². The number of aryl methyl sites for hydroxylation is 2. The van der Waals surface area contributed by atoms with Crippen molar-refractivity contribution in [3.8, 4) is 11.8 Å². The first-order chi connectivity index (χ1) is 13.1. The lowest BCUT2D eigenvalue weighted by atomic mass is 9.99. The number of ether oxygens (including phenoxy) is 1. The van der Waals surface area contributed by atoms with Gasteiger partial charge in [0.1, 0.15) is 11.5 Å². The lowest BCUT2D eigenvalue weighted by Crippen LogP contribution is -2.13. The molecule has 0 bridgehead atoms. The number of aromatic nitrogens is 2. The zero-order valence-electron chi connectivity index (χ0n) is 15.4. The van der Waals surface area contributed by atoms with Gasteiger partial charge in [-0.3, -0.25) is 4.79 Å². The van der Waals surface area contributed by atoms with E-state index in [1.807, 2.05) is 24.3 Å². The van der Waals surface area contributed by atoms with Crippen LogP contribution in [0.4, 0.5) is 5.69 Å². The molecule has 4 rings (SSSR count). The minimum absolute atomic E-state index is 0.0962. The van der Waals surface area contributed by atoms with Crippen molar-refractivity contribution in [1.82, 2.24) is 9.97 Å². The quantitative estimate of drug-likeness (QED) is 0.743. The second kappa shape index (κ2) is 7.19. The predicted octanol–water partition coefficient (Wildman–Crippen LogP) is 4.55. The molecule has 1 aromatic heterocycles. The van der Waals surface area contributed by atoms with Gasteiger partial charge >= 0.3 is 6.01 Å². The molecule has 0 fully saturated rings. The lowest BCUT2D eigenvalue weighted by Gasteiger charge is -2.19. The van der Waals surface area contributed by atoms with E-state index in [4.69, 9.17) is 4.74 Å².